The topological polar surface area (TPSA) is 72.4 Å². The molecule has 1 heterocycles. The number of rotatable bonds is 3. The fraction of sp³-hybridized carbons (Fsp3) is 0. The largest absolute Gasteiger partial charge is 0.431 e. The smallest absolute Gasteiger partial charge is 0.327 e. The molecule has 27 heavy (non-hydrogen) atoms. The molecule has 0 atom stereocenters. The third-order valence-electron chi connectivity index (χ3n) is 4.11. The average molecular weight is 365 g/mol. The highest BCUT2D eigenvalue weighted by Gasteiger charge is 2.27. The Bertz CT molecular complexity index is 1140. The highest BCUT2D eigenvalue weighted by molar-refractivity contribution is 5.96. The van der Waals surface area contributed by atoms with E-state index >= 15 is 0 Å². The predicted molar refractivity (Wildman–Crippen MR) is 97.5 cm³/mol. The van der Waals surface area contributed by atoms with E-state index in [9.17, 15) is 13.6 Å². The van der Waals surface area contributed by atoms with Crippen molar-refractivity contribution in [3.8, 4) is 11.3 Å². The molecular weight excluding hydrogens is 352 g/mol. The number of primary amides is 1. The summed E-state index contributed by atoms with van der Waals surface area (Å²) in [7, 11) is 0. The molecule has 2 N–H and O–H groups in total. The lowest BCUT2D eigenvalue weighted by Gasteiger charge is -2.17. The zero-order valence-corrected chi connectivity index (χ0v) is 13.9. The molecule has 0 radical (unpaired) electrons. The van der Waals surface area contributed by atoms with Crippen LogP contribution < -0.4 is 10.6 Å². The number of halogens is 2. The molecule has 0 saturated carbocycles. The first kappa shape index (κ1) is 16.7. The van der Waals surface area contributed by atoms with Gasteiger partial charge in [-0.05, 0) is 29.0 Å². The molecule has 134 valence electrons. The standard InChI is InChI=1S/C20H13F2N3O2/c21-15-6-3-7-16(22)18(15)25(19(23)26)20-24-17(11-27-20)14-9-8-12-4-1-2-5-13(12)10-14/h1-11H,(H2,23,26). The van der Waals surface area contributed by atoms with Crippen molar-refractivity contribution < 1.29 is 18.0 Å². The summed E-state index contributed by atoms with van der Waals surface area (Å²) in [5.74, 6) is -1.92. The summed E-state index contributed by atoms with van der Waals surface area (Å²) in [5.41, 5.74) is 5.80. The molecule has 1 aromatic heterocycles. The normalized spacial score (nSPS) is 10.9. The molecule has 3 aromatic carbocycles. The molecule has 0 saturated heterocycles. The molecule has 4 aromatic rings. The van der Waals surface area contributed by atoms with Crippen molar-refractivity contribution in [1.29, 1.82) is 0 Å². The number of carbonyl (C=O) groups is 1. The first-order chi connectivity index (χ1) is 13.0. The minimum Gasteiger partial charge on any atom is -0.431 e. The fourth-order valence-corrected chi connectivity index (χ4v) is 2.85. The molecule has 0 fully saturated rings. The SMILES string of the molecule is NC(=O)N(c1nc(-c2ccc3ccccc3c2)co1)c1c(F)cccc1F. The Morgan fingerprint density at radius 2 is 1.67 bits per heavy atom. The van der Waals surface area contributed by atoms with Crippen LogP contribution in [-0.4, -0.2) is 11.0 Å². The number of amides is 2. The Balaban J connectivity index is 1.78. The number of para-hydroxylation sites is 1. The van der Waals surface area contributed by atoms with Gasteiger partial charge in [0, 0.05) is 5.56 Å². The second-order valence-corrected chi connectivity index (χ2v) is 5.82. The van der Waals surface area contributed by atoms with Crippen LogP contribution in [0.3, 0.4) is 0 Å². The van der Waals surface area contributed by atoms with Gasteiger partial charge in [-0.1, -0.05) is 42.5 Å². The van der Waals surface area contributed by atoms with E-state index in [-0.39, 0.29) is 6.01 Å². The molecule has 0 aliphatic rings. The highest BCUT2D eigenvalue weighted by Crippen LogP contribution is 2.32. The molecule has 7 heteroatoms. The van der Waals surface area contributed by atoms with Gasteiger partial charge < -0.3 is 10.2 Å². The Kier molecular flexibility index (Phi) is 4.04. The van der Waals surface area contributed by atoms with Gasteiger partial charge in [-0.3, -0.25) is 0 Å². The molecule has 0 unspecified atom stereocenters. The Hall–Kier alpha value is -3.74. The fourth-order valence-electron chi connectivity index (χ4n) is 2.85. The third-order valence-corrected chi connectivity index (χ3v) is 4.11. The minimum atomic E-state index is -1.12. The zero-order valence-electron chi connectivity index (χ0n) is 13.9. The summed E-state index contributed by atoms with van der Waals surface area (Å²) in [5, 5.41) is 2.05. The van der Waals surface area contributed by atoms with E-state index < -0.39 is 23.4 Å². The van der Waals surface area contributed by atoms with Crippen LogP contribution in [0.25, 0.3) is 22.0 Å². The Morgan fingerprint density at radius 1 is 0.963 bits per heavy atom. The number of urea groups is 1. The van der Waals surface area contributed by atoms with Crippen LogP contribution in [-0.2, 0) is 0 Å². The molecule has 0 bridgehead atoms. The van der Waals surface area contributed by atoms with Gasteiger partial charge in [-0.2, -0.15) is 4.98 Å². The van der Waals surface area contributed by atoms with E-state index in [0.29, 0.717) is 10.6 Å². The van der Waals surface area contributed by atoms with Crippen LogP contribution in [0.5, 0.6) is 0 Å². The Morgan fingerprint density at radius 3 is 2.37 bits per heavy atom. The van der Waals surface area contributed by atoms with Gasteiger partial charge in [0.15, 0.2) is 11.6 Å². The maximum absolute atomic E-state index is 14.1. The van der Waals surface area contributed by atoms with Crippen LogP contribution in [0.15, 0.2) is 71.3 Å². The number of nitrogens with zero attached hydrogens (tertiary/aromatic N) is 2. The van der Waals surface area contributed by atoms with Crippen LogP contribution >= 0.6 is 0 Å². The molecule has 2 amide bonds. The van der Waals surface area contributed by atoms with Gasteiger partial charge in [0.1, 0.15) is 17.6 Å². The number of aromatic nitrogens is 1. The molecule has 0 spiro atoms. The molecule has 4 rings (SSSR count). The lowest BCUT2D eigenvalue weighted by Crippen LogP contribution is -2.33. The van der Waals surface area contributed by atoms with Crippen molar-refractivity contribution in [3.05, 3.63) is 78.6 Å². The second-order valence-electron chi connectivity index (χ2n) is 5.82. The van der Waals surface area contributed by atoms with Crippen molar-refractivity contribution in [2.45, 2.75) is 0 Å². The van der Waals surface area contributed by atoms with Crippen molar-refractivity contribution in [3.63, 3.8) is 0 Å². The lowest BCUT2D eigenvalue weighted by atomic mass is 10.1. The summed E-state index contributed by atoms with van der Waals surface area (Å²) in [6, 6.07) is 15.2. The molecular formula is C20H13F2N3O2. The number of oxazole rings is 1. The molecule has 0 aliphatic heterocycles. The second kappa shape index (κ2) is 6.53. The molecule has 0 aliphatic carbocycles. The lowest BCUT2D eigenvalue weighted by molar-refractivity contribution is 0.254. The number of nitrogens with two attached hydrogens (primary N) is 1. The van der Waals surface area contributed by atoms with Crippen LogP contribution in [0.2, 0.25) is 0 Å². The van der Waals surface area contributed by atoms with Crippen molar-refractivity contribution in [2.24, 2.45) is 5.73 Å². The summed E-state index contributed by atoms with van der Waals surface area (Å²) < 4.78 is 33.5. The van der Waals surface area contributed by atoms with Crippen molar-refractivity contribution >= 4 is 28.5 Å². The predicted octanol–water partition coefficient (Wildman–Crippen LogP) is 4.99. The molecule has 5 nitrogen and oxygen atoms in total. The monoisotopic (exact) mass is 365 g/mol. The maximum atomic E-state index is 14.1. The van der Waals surface area contributed by atoms with Gasteiger partial charge in [-0.15, -0.1) is 0 Å². The maximum Gasteiger partial charge on any atom is 0.327 e. The van der Waals surface area contributed by atoms with E-state index in [1.807, 2.05) is 42.5 Å². The first-order valence-corrected chi connectivity index (χ1v) is 8.03. The zero-order chi connectivity index (χ0) is 19.0. The summed E-state index contributed by atoms with van der Waals surface area (Å²) in [4.78, 5) is 16.6. The van der Waals surface area contributed by atoms with Crippen LogP contribution in [0.1, 0.15) is 0 Å². The van der Waals surface area contributed by atoms with Gasteiger partial charge >= 0.3 is 12.0 Å². The number of anilines is 2. The van der Waals surface area contributed by atoms with Gasteiger partial charge in [0.25, 0.3) is 0 Å². The summed E-state index contributed by atoms with van der Waals surface area (Å²) in [6.45, 7) is 0. The number of benzene rings is 3. The van der Waals surface area contributed by atoms with E-state index in [0.717, 1.165) is 28.5 Å². The number of hydrogen-bond acceptors (Lipinski definition) is 3. The number of hydrogen-bond donors (Lipinski definition) is 1. The van der Waals surface area contributed by atoms with E-state index in [1.165, 1.54) is 12.3 Å². The van der Waals surface area contributed by atoms with Crippen molar-refractivity contribution in [1.82, 2.24) is 4.98 Å². The number of carbonyl (C=O) groups excluding carboxylic acids is 1. The van der Waals surface area contributed by atoms with E-state index in [1.54, 1.807) is 0 Å². The van der Waals surface area contributed by atoms with Crippen LogP contribution in [0, 0.1) is 11.6 Å². The number of fused-ring (bicyclic) bond motifs is 1. The first-order valence-electron chi connectivity index (χ1n) is 8.03. The summed E-state index contributed by atoms with van der Waals surface area (Å²) >= 11 is 0. The average Bonchev–Trinajstić information content (AvgIpc) is 3.13. The van der Waals surface area contributed by atoms with Crippen LogP contribution in [0.4, 0.5) is 25.3 Å². The summed E-state index contributed by atoms with van der Waals surface area (Å²) in [6.07, 6.45) is 1.30. The van der Waals surface area contributed by atoms with E-state index in [4.69, 9.17) is 10.2 Å². The van der Waals surface area contributed by atoms with E-state index in [2.05, 4.69) is 4.98 Å². The van der Waals surface area contributed by atoms with Gasteiger partial charge in [0.05, 0.1) is 0 Å². The Labute approximate surface area is 152 Å². The van der Waals surface area contributed by atoms with Gasteiger partial charge in [0.2, 0.25) is 0 Å². The van der Waals surface area contributed by atoms with Gasteiger partial charge in [-0.25, -0.2) is 18.5 Å². The van der Waals surface area contributed by atoms with Crippen molar-refractivity contribution in [2.75, 3.05) is 4.90 Å². The quantitative estimate of drug-likeness (QED) is 0.556. The minimum absolute atomic E-state index is 0.324. The highest BCUT2D eigenvalue weighted by atomic mass is 19.1. The third kappa shape index (κ3) is 2.99.